The maximum atomic E-state index is 11.6. The van der Waals surface area contributed by atoms with Crippen LogP contribution in [0.15, 0.2) is 0 Å². The summed E-state index contributed by atoms with van der Waals surface area (Å²) in [5, 5.41) is 9.55. The molecule has 0 aromatic carbocycles. The zero-order valence-corrected chi connectivity index (χ0v) is 13.2. The van der Waals surface area contributed by atoms with Gasteiger partial charge in [0, 0.05) is 6.04 Å². The first-order valence-electron chi connectivity index (χ1n) is 7.52. The molecule has 1 saturated carbocycles. The van der Waals surface area contributed by atoms with Crippen molar-refractivity contribution < 1.29 is 9.90 Å². The molecule has 0 aromatic rings. The van der Waals surface area contributed by atoms with Crippen molar-refractivity contribution in [1.82, 2.24) is 0 Å². The van der Waals surface area contributed by atoms with Crippen LogP contribution in [0, 0.1) is 22.7 Å². The van der Waals surface area contributed by atoms with Gasteiger partial charge >= 0.3 is 5.97 Å². The topological polar surface area (TPSA) is 63.3 Å². The zero-order valence-electron chi connectivity index (χ0n) is 13.2. The second-order valence-corrected chi connectivity index (χ2v) is 8.10. The van der Waals surface area contributed by atoms with E-state index < -0.39 is 5.97 Å². The number of carboxylic acid groups (broad SMARTS) is 1. The summed E-state index contributed by atoms with van der Waals surface area (Å²) in [6.45, 7) is 10.9. The molecule has 0 saturated heterocycles. The highest BCUT2D eigenvalue weighted by Crippen LogP contribution is 2.45. The molecule has 1 aliphatic rings. The van der Waals surface area contributed by atoms with Crippen molar-refractivity contribution in [2.24, 2.45) is 28.4 Å². The first kappa shape index (κ1) is 16.5. The monoisotopic (exact) mass is 269 g/mol. The highest BCUT2D eigenvalue weighted by Gasteiger charge is 2.40. The van der Waals surface area contributed by atoms with Crippen LogP contribution in [0.25, 0.3) is 0 Å². The van der Waals surface area contributed by atoms with Crippen LogP contribution in [0.1, 0.15) is 66.7 Å². The summed E-state index contributed by atoms with van der Waals surface area (Å²) in [6.07, 6.45) is 4.82. The van der Waals surface area contributed by atoms with E-state index in [0.29, 0.717) is 12.3 Å². The third-order valence-electron chi connectivity index (χ3n) is 4.73. The molecular weight excluding hydrogens is 238 g/mol. The van der Waals surface area contributed by atoms with Crippen molar-refractivity contribution >= 4 is 5.97 Å². The molecule has 3 N–H and O–H groups in total. The minimum atomic E-state index is -0.690. The van der Waals surface area contributed by atoms with E-state index in [1.54, 1.807) is 0 Å². The van der Waals surface area contributed by atoms with Gasteiger partial charge in [0.25, 0.3) is 0 Å². The molecule has 0 aromatic heterocycles. The van der Waals surface area contributed by atoms with Crippen LogP contribution in [-0.4, -0.2) is 17.1 Å². The smallest absolute Gasteiger partial charge is 0.307 e. The number of carboxylic acids is 1. The summed E-state index contributed by atoms with van der Waals surface area (Å²) in [5.41, 5.74) is 6.17. The first-order valence-corrected chi connectivity index (χ1v) is 7.52. The van der Waals surface area contributed by atoms with E-state index in [1.165, 1.54) is 6.42 Å². The molecule has 0 spiro atoms. The Balaban J connectivity index is 2.99. The SMILES string of the molecule is CC1CCC(C)(C)CC(C)(C)C(C(=O)O)CC(N)C1. The van der Waals surface area contributed by atoms with Gasteiger partial charge in [0.05, 0.1) is 5.92 Å². The summed E-state index contributed by atoms with van der Waals surface area (Å²) < 4.78 is 0. The number of hydrogen-bond acceptors (Lipinski definition) is 2. The van der Waals surface area contributed by atoms with Crippen molar-refractivity contribution in [3.8, 4) is 0 Å². The normalized spacial score (nSPS) is 35.6. The largest absolute Gasteiger partial charge is 0.481 e. The first-order chi connectivity index (χ1) is 8.53. The van der Waals surface area contributed by atoms with Crippen molar-refractivity contribution in [2.45, 2.75) is 72.8 Å². The quantitative estimate of drug-likeness (QED) is 0.763. The van der Waals surface area contributed by atoms with Crippen LogP contribution >= 0.6 is 0 Å². The molecule has 3 atom stereocenters. The minimum Gasteiger partial charge on any atom is -0.481 e. The van der Waals surface area contributed by atoms with E-state index in [-0.39, 0.29) is 22.8 Å². The third-order valence-corrected chi connectivity index (χ3v) is 4.73. The van der Waals surface area contributed by atoms with Crippen molar-refractivity contribution in [3.05, 3.63) is 0 Å². The van der Waals surface area contributed by atoms with Gasteiger partial charge in [-0.05, 0) is 42.4 Å². The fraction of sp³-hybridized carbons (Fsp3) is 0.938. The molecule has 0 heterocycles. The molecule has 3 heteroatoms. The molecule has 3 nitrogen and oxygen atoms in total. The lowest BCUT2D eigenvalue weighted by atomic mass is 9.64. The fourth-order valence-corrected chi connectivity index (χ4v) is 3.87. The average Bonchev–Trinajstić information content (AvgIpc) is 2.20. The Kier molecular flexibility index (Phi) is 5.05. The van der Waals surface area contributed by atoms with Gasteiger partial charge in [-0.2, -0.15) is 0 Å². The molecular formula is C16H31NO2. The molecule has 1 fully saturated rings. The molecule has 19 heavy (non-hydrogen) atoms. The maximum Gasteiger partial charge on any atom is 0.307 e. The number of aliphatic carboxylic acids is 1. The van der Waals surface area contributed by atoms with Crippen LogP contribution in [0.2, 0.25) is 0 Å². The summed E-state index contributed by atoms with van der Waals surface area (Å²) in [4.78, 5) is 11.6. The van der Waals surface area contributed by atoms with Gasteiger partial charge in [0.15, 0.2) is 0 Å². The lowest BCUT2D eigenvalue weighted by Crippen LogP contribution is -2.40. The number of nitrogens with two attached hydrogens (primary N) is 1. The molecule has 3 unspecified atom stereocenters. The van der Waals surface area contributed by atoms with E-state index in [0.717, 1.165) is 19.3 Å². The second kappa shape index (κ2) is 5.82. The molecule has 1 aliphatic carbocycles. The van der Waals surface area contributed by atoms with Crippen molar-refractivity contribution in [2.75, 3.05) is 0 Å². The van der Waals surface area contributed by atoms with Gasteiger partial charge < -0.3 is 10.8 Å². The zero-order chi connectivity index (χ0) is 14.8. The number of rotatable bonds is 1. The van der Waals surface area contributed by atoms with Crippen molar-refractivity contribution in [1.29, 1.82) is 0 Å². The minimum absolute atomic E-state index is 0.0107. The highest BCUT2D eigenvalue weighted by atomic mass is 16.4. The van der Waals surface area contributed by atoms with Gasteiger partial charge in [-0.3, -0.25) is 4.79 Å². The van der Waals surface area contributed by atoms with Crippen LogP contribution in [0.5, 0.6) is 0 Å². The Morgan fingerprint density at radius 3 is 2.32 bits per heavy atom. The Morgan fingerprint density at radius 1 is 1.21 bits per heavy atom. The number of hydrogen-bond donors (Lipinski definition) is 2. The molecule has 0 amide bonds. The van der Waals surface area contributed by atoms with Crippen LogP contribution < -0.4 is 5.73 Å². The van der Waals surface area contributed by atoms with Gasteiger partial charge in [-0.15, -0.1) is 0 Å². The summed E-state index contributed by atoms with van der Waals surface area (Å²) in [7, 11) is 0. The maximum absolute atomic E-state index is 11.6. The standard InChI is InChI=1S/C16H31NO2/c1-11-6-7-15(2,3)10-16(4,5)13(14(18)19)9-12(17)8-11/h11-13H,6-10,17H2,1-5H3,(H,18,19). The highest BCUT2D eigenvalue weighted by molar-refractivity contribution is 5.71. The molecule has 1 rings (SSSR count). The average molecular weight is 269 g/mol. The van der Waals surface area contributed by atoms with E-state index in [2.05, 4.69) is 34.6 Å². The third kappa shape index (κ3) is 4.79. The Labute approximate surface area is 118 Å². The molecule has 0 radical (unpaired) electrons. The van der Waals surface area contributed by atoms with E-state index >= 15 is 0 Å². The molecule has 0 bridgehead atoms. The van der Waals surface area contributed by atoms with Crippen LogP contribution in [0.3, 0.4) is 0 Å². The van der Waals surface area contributed by atoms with Gasteiger partial charge in [0.2, 0.25) is 0 Å². The predicted molar refractivity (Wildman–Crippen MR) is 78.9 cm³/mol. The van der Waals surface area contributed by atoms with Gasteiger partial charge in [0.1, 0.15) is 0 Å². The fourth-order valence-electron chi connectivity index (χ4n) is 3.87. The summed E-state index contributed by atoms with van der Waals surface area (Å²) in [6, 6.07) is 0.0107. The van der Waals surface area contributed by atoms with E-state index in [1.807, 2.05) is 0 Å². The van der Waals surface area contributed by atoms with Crippen LogP contribution in [0.4, 0.5) is 0 Å². The van der Waals surface area contributed by atoms with Gasteiger partial charge in [-0.25, -0.2) is 0 Å². The lowest BCUT2D eigenvalue weighted by molar-refractivity contribution is -0.147. The Bertz CT molecular complexity index is 323. The van der Waals surface area contributed by atoms with Gasteiger partial charge in [-0.1, -0.05) is 41.0 Å². The van der Waals surface area contributed by atoms with E-state index in [9.17, 15) is 9.90 Å². The van der Waals surface area contributed by atoms with Crippen LogP contribution in [-0.2, 0) is 4.79 Å². The Morgan fingerprint density at radius 2 is 1.79 bits per heavy atom. The summed E-state index contributed by atoms with van der Waals surface area (Å²) in [5.74, 6) is -0.443. The molecule has 112 valence electrons. The second-order valence-electron chi connectivity index (χ2n) is 8.10. The lowest BCUT2D eigenvalue weighted by Gasteiger charge is -2.41. The Hall–Kier alpha value is -0.570. The van der Waals surface area contributed by atoms with Crippen molar-refractivity contribution in [3.63, 3.8) is 0 Å². The number of carbonyl (C=O) groups is 1. The predicted octanol–water partition coefficient (Wildman–Crippen LogP) is 3.67. The molecule has 0 aliphatic heterocycles. The van der Waals surface area contributed by atoms with E-state index in [4.69, 9.17) is 5.73 Å². The summed E-state index contributed by atoms with van der Waals surface area (Å²) >= 11 is 0.